The monoisotopic (exact) mass is 234 g/mol. The van der Waals surface area contributed by atoms with E-state index in [0.717, 1.165) is 6.42 Å². The molecule has 1 aliphatic heterocycles. The van der Waals surface area contributed by atoms with Crippen LogP contribution >= 0.6 is 0 Å². The summed E-state index contributed by atoms with van der Waals surface area (Å²) in [4.78, 5) is 11.8. The van der Waals surface area contributed by atoms with Gasteiger partial charge in [-0.1, -0.05) is 30.3 Å². The quantitative estimate of drug-likeness (QED) is 0.593. The first kappa shape index (κ1) is 12.1. The maximum absolute atomic E-state index is 11.8. The van der Waals surface area contributed by atoms with E-state index >= 15 is 0 Å². The van der Waals surface area contributed by atoms with Gasteiger partial charge in [0, 0.05) is 6.42 Å². The van der Waals surface area contributed by atoms with Crippen molar-refractivity contribution in [2.24, 2.45) is 0 Å². The van der Waals surface area contributed by atoms with Gasteiger partial charge in [-0.3, -0.25) is 0 Å². The molecule has 92 valence electrons. The van der Waals surface area contributed by atoms with Gasteiger partial charge < -0.3 is 9.47 Å². The zero-order valence-electron chi connectivity index (χ0n) is 10.5. The minimum absolute atomic E-state index is 0.265. The van der Waals surface area contributed by atoms with Crippen molar-refractivity contribution < 1.29 is 14.3 Å². The van der Waals surface area contributed by atoms with E-state index in [9.17, 15) is 4.79 Å². The van der Waals surface area contributed by atoms with Crippen LogP contribution in [-0.2, 0) is 20.7 Å². The summed E-state index contributed by atoms with van der Waals surface area (Å²) >= 11 is 0. The lowest BCUT2D eigenvalue weighted by atomic mass is 9.90. The average molecular weight is 234 g/mol. The molecule has 3 nitrogen and oxygen atoms in total. The number of benzene rings is 1. The van der Waals surface area contributed by atoms with Gasteiger partial charge in [-0.25, -0.2) is 4.79 Å². The standard InChI is InChI=1S/C14H18O3/c1-4-16-12(15)14(3)13(2,17-14)10-11-8-6-5-7-9-11/h5-9H,4,10H2,1-3H3. The number of hydrogen-bond donors (Lipinski definition) is 0. The van der Waals surface area contributed by atoms with Crippen molar-refractivity contribution in [1.82, 2.24) is 0 Å². The zero-order valence-corrected chi connectivity index (χ0v) is 10.5. The molecule has 3 heteroatoms. The van der Waals surface area contributed by atoms with E-state index < -0.39 is 11.2 Å². The maximum Gasteiger partial charge on any atom is 0.341 e. The van der Waals surface area contributed by atoms with Crippen molar-refractivity contribution in [1.29, 1.82) is 0 Å². The van der Waals surface area contributed by atoms with Crippen LogP contribution in [0.2, 0.25) is 0 Å². The van der Waals surface area contributed by atoms with Crippen molar-refractivity contribution >= 4 is 5.97 Å². The van der Waals surface area contributed by atoms with E-state index in [1.807, 2.05) is 37.3 Å². The molecule has 0 saturated carbocycles. The highest BCUT2D eigenvalue weighted by molar-refractivity contribution is 5.84. The Kier molecular flexibility index (Phi) is 2.96. The molecule has 1 fully saturated rings. The van der Waals surface area contributed by atoms with E-state index in [1.54, 1.807) is 13.8 Å². The van der Waals surface area contributed by atoms with Gasteiger partial charge in [0.2, 0.25) is 0 Å². The van der Waals surface area contributed by atoms with Gasteiger partial charge in [0.25, 0.3) is 0 Å². The molecule has 0 aliphatic carbocycles. The number of carbonyl (C=O) groups excluding carboxylic acids is 1. The fraction of sp³-hybridized carbons (Fsp3) is 0.500. The number of hydrogen-bond acceptors (Lipinski definition) is 3. The van der Waals surface area contributed by atoms with Crippen LogP contribution in [0.5, 0.6) is 0 Å². The summed E-state index contributed by atoms with van der Waals surface area (Å²) in [5, 5.41) is 0. The first-order chi connectivity index (χ1) is 8.02. The van der Waals surface area contributed by atoms with E-state index in [1.165, 1.54) is 5.56 Å². The van der Waals surface area contributed by atoms with Crippen molar-refractivity contribution in [2.75, 3.05) is 6.61 Å². The zero-order chi connectivity index (χ0) is 12.5. The van der Waals surface area contributed by atoms with Gasteiger partial charge >= 0.3 is 5.97 Å². The molecule has 1 aliphatic rings. The number of epoxide rings is 1. The van der Waals surface area contributed by atoms with E-state index in [0.29, 0.717) is 6.61 Å². The summed E-state index contributed by atoms with van der Waals surface area (Å²) in [5.41, 5.74) is -0.0672. The lowest BCUT2D eigenvalue weighted by molar-refractivity contribution is -0.148. The number of esters is 1. The largest absolute Gasteiger partial charge is 0.464 e. The molecule has 0 spiro atoms. The molecule has 0 N–H and O–H groups in total. The van der Waals surface area contributed by atoms with Crippen LogP contribution in [-0.4, -0.2) is 23.8 Å². The average Bonchev–Trinajstić information content (AvgIpc) is 2.84. The van der Waals surface area contributed by atoms with Gasteiger partial charge in [0.05, 0.1) is 6.61 Å². The second kappa shape index (κ2) is 4.15. The Hall–Kier alpha value is -1.35. The van der Waals surface area contributed by atoms with Crippen LogP contribution in [0.3, 0.4) is 0 Å². The predicted octanol–water partition coefficient (Wildman–Crippen LogP) is 2.34. The van der Waals surface area contributed by atoms with Crippen molar-refractivity contribution in [3.63, 3.8) is 0 Å². The normalized spacial score (nSPS) is 31.0. The fourth-order valence-electron chi connectivity index (χ4n) is 2.14. The Bertz CT molecular complexity index is 415. The Labute approximate surface area is 102 Å². The fourth-order valence-corrected chi connectivity index (χ4v) is 2.14. The van der Waals surface area contributed by atoms with E-state index in [4.69, 9.17) is 9.47 Å². The van der Waals surface area contributed by atoms with Gasteiger partial charge in [0.1, 0.15) is 5.60 Å². The Morgan fingerprint density at radius 2 is 1.94 bits per heavy atom. The first-order valence-corrected chi connectivity index (χ1v) is 5.93. The topological polar surface area (TPSA) is 38.8 Å². The van der Waals surface area contributed by atoms with Crippen LogP contribution in [0.4, 0.5) is 0 Å². The molecule has 0 radical (unpaired) electrons. The van der Waals surface area contributed by atoms with Crippen LogP contribution in [0.1, 0.15) is 26.3 Å². The van der Waals surface area contributed by atoms with E-state index in [2.05, 4.69) is 0 Å². The lowest BCUT2D eigenvalue weighted by Crippen LogP contribution is -2.32. The summed E-state index contributed by atoms with van der Waals surface area (Å²) in [6, 6.07) is 10.0. The number of ether oxygens (including phenoxy) is 2. The summed E-state index contributed by atoms with van der Waals surface area (Å²) < 4.78 is 10.7. The highest BCUT2D eigenvalue weighted by Gasteiger charge is 2.69. The van der Waals surface area contributed by atoms with Crippen LogP contribution in [0.25, 0.3) is 0 Å². The van der Waals surface area contributed by atoms with Crippen molar-refractivity contribution in [3.8, 4) is 0 Å². The van der Waals surface area contributed by atoms with Gasteiger partial charge in [-0.2, -0.15) is 0 Å². The Balaban J connectivity index is 2.06. The lowest BCUT2D eigenvalue weighted by Gasteiger charge is -2.11. The van der Waals surface area contributed by atoms with Crippen molar-refractivity contribution in [3.05, 3.63) is 35.9 Å². The molecular formula is C14H18O3. The third-order valence-corrected chi connectivity index (χ3v) is 3.45. The van der Waals surface area contributed by atoms with Crippen LogP contribution < -0.4 is 0 Å². The molecule has 0 bridgehead atoms. The maximum atomic E-state index is 11.8. The minimum atomic E-state index is -0.793. The molecule has 1 aromatic carbocycles. The molecule has 0 amide bonds. The van der Waals surface area contributed by atoms with Gasteiger partial charge in [-0.15, -0.1) is 0 Å². The van der Waals surface area contributed by atoms with Gasteiger partial charge in [-0.05, 0) is 26.3 Å². The van der Waals surface area contributed by atoms with E-state index in [-0.39, 0.29) is 5.97 Å². The summed E-state index contributed by atoms with van der Waals surface area (Å²) in [6.45, 7) is 5.95. The highest BCUT2D eigenvalue weighted by atomic mass is 16.7. The van der Waals surface area contributed by atoms with Gasteiger partial charge in [0.15, 0.2) is 5.60 Å². The van der Waals surface area contributed by atoms with Crippen LogP contribution in [0.15, 0.2) is 30.3 Å². The number of carbonyl (C=O) groups is 1. The Morgan fingerprint density at radius 3 is 2.53 bits per heavy atom. The summed E-state index contributed by atoms with van der Waals surface area (Å²) in [6.07, 6.45) is 0.725. The molecular weight excluding hydrogens is 216 g/mol. The molecule has 0 aromatic heterocycles. The van der Waals surface area contributed by atoms with Crippen molar-refractivity contribution in [2.45, 2.75) is 38.4 Å². The second-order valence-corrected chi connectivity index (χ2v) is 4.75. The third kappa shape index (κ3) is 2.07. The SMILES string of the molecule is CCOC(=O)C1(C)OC1(C)Cc1ccccc1. The third-order valence-electron chi connectivity index (χ3n) is 3.45. The first-order valence-electron chi connectivity index (χ1n) is 5.93. The molecule has 2 atom stereocenters. The molecule has 1 aromatic rings. The Morgan fingerprint density at radius 1 is 1.29 bits per heavy atom. The minimum Gasteiger partial charge on any atom is -0.464 e. The molecule has 17 heavy (non-hydrogen) atoms. The smallest absolute Gasteiger partial charge is 0.341 e. The highest BCUT2D eigenvalue weighted by Crippen LogP contribution is 2.50. The predicted molar refractivity (Wildman–Crippen MR) is 64.7 cm³/mol. The second-order valence-electron chi connectivity index (χ2n) is 4.75. The summed E-state index contributed by atoms with van der Waals surface area (Å²) in [5.74, 6) is -0.265. The molecule has 1 saturated heterocycles. The molecule has 2 unspecified atom stereocenters. The molecule has 2 rings (SSSR count). The molecule has 1 heterocycles. The van der Waals surface area contributed by atoms with Crippen LogP contribution in [0, 0.1) is 0 Å². The number of rotatable bonds is 4. The summed E-state index contributed by atoms with van der Waals surface area (Å²) in [7, 11) is 0.